The van der Waals surface area contributed by atoms with Crippen molar-refractivity contribution in [1.82, 2.24) is 14.8 Å². The van der Waals surface area contributed by atoms with E-state index in [0.29, 0.717) is 18.7 Å². The fourth-order valence-corrected chi connectivity index (χ4v) is 4.64. The molecule has 0 spiro atoms. The number of ether oxygens (including phenoxy) is 1. The number of aryl methyl sites for hydroxylation is 1. The molecule has 1 aliphatic heterocycles. The zero-order valence-electron chi connectivity index (χ0n) is 20.3. The van der Waals surface area contributed by atoms with Crippen molar-refractivity contribution in [3.63, 3.8) is 0 Å². The molecule has 1 saturated heterocycles. The lowest BCUT2D eigenvalue weighted by molar-refractivity contribution is 0.174. The maximum atomic E-state index is 13.4. The zero-order valence-corrected chi connectivity index (χ0v) is 20.3. The molecule has 2 aromatic carbocycles. The van der Waals surface area contributed by atoms with E-state index in [1.54, 1.807) is 4.90 Å². The molecule has 0 bridgehead atoms. The second kappa shape index (κ2) is 10.7. The van der Waals surface area contributed by atoms with Gasteiger partial charge in [-0.2, -0.15) is 0 Å². The van der Waals surface area contributed by atoms with Crippen molar-refractivity contribution in [1.29, 1.82) is 0 Å². The van der Waals surface area contributed by atoms with Crippen LogP contribution in [0.1, 0.15) is 37.8 Å². The van der Waals surface area contributed by atoms with Crippen molar-refractivity contribution in [2.45, 2.75) is 46.2 Å². The first kappa shape index (κ1) is 23.8. The van der Waals surface area contributed by atoms with E-state index in [1.807, 2.05) is 62.4 Å². The number of aromatic amines is 1. The van der Waals surface area contributed by atoms with Gasteiger partial charge in [-0.1, -0.05) is 24.6 Å². The summed E-state index contributed by atoms with van der Waals surface area (Å²) in [6, 6.07) is 15.3. The molecule has 0 radical (unpaired) electrons. The average molecular weight is 463 g/mol. The van der Waals surface area contributed by atoms with Crippen LogP contribution < -0.4 is 15.6 Å². The number of nitrogens with zero attached hydrogens (tertiary/aromatic N) is 2. The number of amides is 2. The number of likely N-dealkylation sites (N-methyl/N-ethyl adjacent to an activating group) is 1. The number of fused-ring (bicyclic) bond motifs is 1. The third-order valence-corrected chi connectivity index (χ3v) is 6.49. The van der Waals surface area contributed by atoms with Crippen molar-refractivity contribution in [2.24, 2.45) is 0 Å². The second-order valence-electron chi connectivity index (χ2n) is 8.91. The number of benzene rings is 2. The fraction of sp³-hybridized carbons (Fsp3) is 0.407. The Balaban J connectivity index is 1.61. The summed E-state index contributed by atoms with van der Waals surface area (Å²) in [5.41, 5.74) is 3.01. The van der Waals surface area contributed by atoms with Crippen molar-refractivity contribution in [2.75, 3.05) is 31.6 Å². The van der Waals surface area contributed by atoms with Crippen LogP contribution in [0.5, 0.6) is 5.75 Å². The van der Waals surface area contributed by atoms with E-state index in [0.717, 1.165) is 53.8 Å². The summed E-state index contributed by atoms with van der Waals surface area (Å²) in [6.07, 6.45) is 2.18. The van der Waals surface area contributed by atoms with Gasteiger partial charge in [0.25, 0.3) is 5.56 Å². The van der Waals surface area contributed by atoms with Gasteiger partial charge in [0.2, 0.25) is 0 Å². The Morgan fingerprint density at radius 2 is 1.97 bits per heavy atom. The molecular formula is C27H34N4O3. The number of hydrogen-bond donors (Lipinski definition) is 2. The first-order valence-corrected chi connectivity index (χ1v) is 12.1. The van der Waals surface area contributed by atoms with Gasteiger partial charge in [0.15, 0.2) is 0 Å². The standard InChI is InChI=1S/C27H34N4O3/c1-4-30-14-6-7-23(30)18-31(27(33)28-22-10-8-19(3)9-11-22)17-21-15-20-16-24(34-5-2)12-13-25(20)29-26(21)32/h8-13,15-16,23H,4-7,14,17-18H2,1-3H3,(H,28,33)(H,29,32). The number of carbonyl (C=O) groups is 1. The largest absolute Gasteiger partial charge is 0.494 e. The summed E-state index contributed by atoms with van der Waals surface area (Å²) in [4.78, 5) is 33.4. The summed E-state index contributed by atoms with van der Waals surface area (Å²) in [5, 5.41) is 3.90. The van der Waals surface area contributed by atoms with Gasteiger partial charge >= 0.3 is 6.03 Å². The molecule has 1 unspecified atom stereocenters. The maximum absolute atomic E-state index is 13.4. The molecule has 0 saturated carbocycles. The minimum Gasteiger partial charge on any atom is -0.494 e. The molecule has 2 heterocycles. The van der Waals surface area contributed by atoms with E-state index in [2.05, 4.69) is 22.1 Å². The van der Waals surface area contributed by atoms with E-state index in [4.69, 9.17) is 4.74 Å². The number of carbonyl (C=O) groups excluding carboxylic acids is 1. The van der Waals surface area contributed by atoms with Gasteiger partial charge in [0.05, 0.1) is 13.2 Å². The second-order valence-corrected chi connectivity index (χ2v) is 8.91. The smallest absolute Gasteiger partial charge is 0.322 e. The molecule has 1 fully saturated rings. The number of pyridine rings is 1. The van der Waals surface area contributed by atoms with Crippen LogP contribution in [0, 0.1) is 6.92 Å². The van der Waals surface area contributed by atoms with Gasteiger partial charge < -0.3 is 19.9 Å². The van der Waals surface area contributed by atoms with Crippen LogP contribution in [-0.4, -0.2) is 53.1 Å². The predicted molar refractivity (Wildman–Crippen MR) is 137 cm³/mol. The minimum absolute atomic E-state index is 0.177. The van der Waals surface area contributed by atoms with Gasteiger partial charge in [-0.3, -0.25) is 9.69 Å². The van der Waals surface area contributed by atoms with E-state index >= 15 is 0 Å². The number of aromatic nitrogens is 1. The van der Waals surface area contributed by atoms with Crippen LogP contribution in [0.15, 0.2) is 53.3 Å². The molecule has 0 aliphatic carbocycles. The Labute approximate surface area is 200 Å². The van der Waals surface area contributed by atoms with Gasteiger partial charge in [-0.25, -0.2) is 4.79 Å². The number of urea groups is 1. The highest BCUT2D eigenvalue weighted by Gasteiger charge is 2.28. The topological polar surface area (TPSA) is 77.7 Å². The van der Waals surface area contributed by atoms with Gasteiger partial charge in [-0.15, -0.1) is 0 Å². The van der Waals surface area contributed by atoms with Crippen LogP contribution in [0.25, 0.3) is 10.9 Å². The number of H-pyrrole nitrogens is 1. The van der Waals surface area contributed by atoms with Crippen LogP contribution in [0.2, 0.25) is 0 Å². The molecule has 2 N–H and O–H groups in total. The Bertz CT molecular complexity index is 1190. The monoisotopic (exact) mass is 462 g/mol. The van der Waals surface area contributed by atoms with E-state index in [9.17, 15) is 9.59 Å². The van der Waals surface area contributed by atoms with E-state index in [-0.39, 0.29) is 24.2 Å². The van der Waals surface area contributed by atoms with Gasteiger partial charge in [0, 0.05) is 34.7 Å². The number of nitrogens with one attached hydrogen (secondary N) is 2. The lowest BCUT2D eigenvalue weighted by Gasteiger charge is -2.30. The lowest BCUT2D eigenvalue weighted by Crippen LogP contribution is -2.45. The first-order chi connectivity index (χ1) is 16.5. The highest BCUT2D eigenvalue weighted by atomic mass is 16.5. The number of hydrogen-bond acceptors (Lipinski definition) is 4. The number of anilines is 1. The Morgan fingerprint density at radius 3 is 2.71 bits per heavy atom. The minimum atomic E-state index is -0.200. The number of likely N-dealkylation sites (tertiary alicyclic amines) is 1. The van der Waals surface area contributed by atoms with Crippen LogP contribution in [0.3, 0.4) is 0 Å². The quantitative estimate of drug-likeness (QED) is 0.506. The zero-order chi connectivity index (χ0) is 24.1. The van der Waals surface area contributed by atoms with E-state index < -0.39 is 0 Å². The first-order valence-electron chi connectivity index (χ1n) is 12.1. The van der Waals surface area contributed by atoms with Gasteiger partial charge in [-0.05, 0) is 76.2 Å². The fourth-order valence-electron chi connectivity index (χ4n) is 4.64. The molecule has 7 nitrogen and oxygen atoms in total. The van der Waals surface area contributed by atoms with E-state index in [1.165, 1.54) is 0 Å². The van der Waals surface area contributed by atoms with Crippen molar-refractivity contribution in [3.05, 3.63) is 70.0 Å². The molecule has 7 heteroatoms. The molecule has 1 aliphatic rings. The molecular weight excluding hydrogens is 428 g/mol. The molecule has 3 aromatic rings. The van der Waals surface area contributed by atoms with Crippen LogP contribution >= 0.6 is 0 Å². The summed E-state index contributed by atoms with van der Waals surface area (Å²) >= 11 is 0. The molecule has 180 valence electrons. The van der Waals surface area contributed by atoms with Crippen molar-refractivity contribution in [3.8, 4) is 5.75 Å². The highest BCUT2D eigenvalue weighted by molar-refractivity contribution is 5.89. The van der Waals surface area contributed by atoms with Crippen LogP contribution in [0.4, 0.5) is 10.5 Å². The molecule has 4 rings (SSSR count). The normalized spacial score (nSPS) is 16.0. The summed E-state index contributed by atoms with van der Waals surface area (Å²) in [7, 11) is 0. The molecule has 34 heavy (non-hydrogen) atoms. The molecule has 1 aromatic heterocycles. The SMILES string of the molecule is CCOc1ccc2[nH]c(=O)c(CN(CC3CCCN3CC)C(=O)Nc3ccc(C)cc3)cc2c1. The maximum Gasteiger partial charge on any atom is 0.322 e. The predicted octanol–water partition coefficient (Wildman–Crippen LogP) is 4.75. The Morgan fingerprint density at radius 1 is 1.18 bits per heavy atom. The average Bonchev–Trinajstić information content (AvgIpc) is 3.28. The van der Waals surface area contributed by atoms with Crippen molar-refractivity contribution < 1.29 is 9.53 Å². The summed E-state index contributed by atoms with van der Waals surface area (Å²) < 4.78 is 5.62. The Hall–Kier alpha value is -3.32. The number of rotatable bonds is 8. The van der Waals surface area contributed by atoms with Crippen LogP contribution in [-0.2, 0) is 6.54 Å². The van der Waals surface area contributed by atoms with Crippen molar-refractivity contribution >= 4 is 22.6 Å². The summed E-state index contributed by atoms with van der Waals surface area (Å²) in [6.45, 7) is 9.48. The highest BCUT2D eigenvalue weighted by Crippen LogP contribution is 2.22. The molecule has 2 amide bonds. The third-order valence-electron chi connectivity index (χ3n) is 6.49. The van der Waals surface area contributed by atoms with Gasteiger partial charge in [0.1, 0.15) is 5.75 Å². The Kier molecular flexibility index (Phi) is 7.53. The lowest BCUT2D eigenvalue weighted by atomic mass is 10.1. The third kappa shape index (κ3) is 5.59. The molecule has 1 atom stereocenters. The summed E-state index contributed by atoms with van der Waals surface area (Å²) in [5.74, 6) is 0.756.